The zero-order valence-corrected chi connectivity index (χ0v) is 14.1. The summed E-state index contributed by atoms with van der Waals surface area (Å²) in [7, 11) is 0. The molecular formula is C15H27IN2. The Kier molecular flexibility index (Phi) is 8.72. The lowest BCUT2D eigenvalue weighted by Crippen LogP contribution is -1.89. The van der Waals surface area contributed by atoms with Crippen molar-refractivity contribution in [2.24, 2.45) is 0 Å². The zero-order chi connectivity index (χ0) is 13.2. The Hall–Kier alpha value is -0.0600. The number of nitrogens with zero attached hydrogens (tertiary/aromatic N) is 1. The van der Waals surface area contributed by atoms with E-state index >= 15 is 0 Å². The highest BCUT2D eigenvalue weighted by Crippen LogP contribution is 2.12. The monoisotopic (exact) mass is 362 g/mol. The Bertz CT molecular complexity index is 301. The predicted octanol–water partition coefficient (Wildman–Crippen LogP) is 5.40. The van der Waals surface area contributed by atoms with Crippen LogP contribution in [0.15, 0.2) is 0 Å². The summed E-state index contributed by atoms with van der Waals surface area (Å²) < 4.78 is 1.12. The first-order valence-corrected chi connectivity index (χ1v) is 8.53. The first-order chi connectivity index (χ1) is 8.74. The van der Waals surface area contributed by atoms with Gasteiger partial charge >= 0.3 is 0 Å². The van der Waals surface area contributed by atoms with Crippen molar-refractivity contribution in [1.29, 1.82) is 0 Å². The van der Waals surface area contributed by atoms with E-state index in [1.165, 1.54) is 69.3 Å². The molecule has 0 unspecified atom stereocenters. The topological polar surface area (TPSA) is 28.7 Å². The van der Waals surface area contributed by atoms with Crippen LogP contribution in [0.2, 0.25) is 0 Å². The smallest absolute Gasteiger partial charge is 0.122 e. The van der Waals surface area contributed by atoms with Crippen LogP contribution in [-0.4, -0.2) is 9.97 Å². The average Bonchev–Trinajstić information content (AvgIpc) is 2.67. The number of H-pyrrole nitrogens is 1. The van der Waals surface area contributed by atoms with E-state index in [-0.39, 0.29) is 0 Å². The van der Waals surface area contributed by atoms with Crippen LogP contribution in [0.5, 0.6) is 0 Å². The third-order valence-corrected chi connectivity index (χ3v) is 4.44. The largest absolute Gasteiger partial charge is 0.345 e. The Labute approximate surface area is 126 Å². The van der Waals surface area contributed by atoms with Crippen LogP contribution in [-0.2, 0) is 6.42 Å². The normalized spacial score (nSPS) is 11.1. The molecule has 0 amide bonds. The lowest BCUT2D eigenvalue weighted by molar-refractivity contribution is 0.562. The lowest BCUT2D eigenvalue weighted by atomic mass is 10.1. The number of unbranched alkanes of at least 4 members (excludes halogenated alkanes) is 8. The molecule has 2 nitrogen and oxygen atoms in total. The molecule has 0 aliphatic rings. The van der Waals surface area contributed by atoms with Crippen LogP contribution in [0.3, 0.4) is 0 Å². The number of hydrogen-bond acceptors (Lipinski definition) is 1. The number of halogens is 1. The molecule has 1 N–H and O–H groups in total. The van der Waals surface area contributed by atoms with Gasteiger partial charge in [-0.2, -0.15) is 0 Å². The quantitative estimate of drug-likeness (QED) is 0.438. The molecule has 1 rings (SSSR count). The molecule has 0 saturated carbocycles. The SMILES string of the molecule is CCCCCCCCCCCc1nc(I)c(C)[nH]1. The molecule has 0 spiro atoms. The van der Waals surface area contributed by atoms with Crippen molar-refractivity contribution in [2.45, 2.75) is 78.1 Å². The summed E-state index contributed by atoms with van der Waals surface area (Å²) in [5.41, 5.74) is 1.21. The van der Waals surface area contributed by atoms with Gasteiger partial charge in [0.15, 0.2) is 0 Å². The fraction of sp³-hybridized carbons (Fsp3) is 0.800. The molecule has 0 aliphatic heterocycles. The number of aromatic nitrogens is 2. The molecule has 0 bridgehead atoms. The zero-order valence-electron chi connectivity index (χ0n) is 11.9. The summed E-state index contributed by atoms with van der Waals surface area (Å²) in [5.74, 6) is 1.17. The van der Waals surface area contributed by atoms with Crippen LogP contribution in [0.1, 0.15) is 76.2 Å². The molecule has 18 heavy (non-hydrogen) atoms. The van der Waals surface area contributed by atoms with Gasteiger partial charge in [-0.3, -0.25) is 0 Å². The Morgan fingerprint density at radius 3 is 2.00 bits per heavy atom. The Morgan fingerprint density at radius 1 is 0.944 bits per heavy atom. The van der Waals surface area contributed by atoms with E-state index in [1.807, 2.05) is 0 Å². The summed E-state index contributed by atoms with van der Waals surface area (Å²) >= 11 is 2.29. The van der Waals surface area contributed by atoms with Crippen LogP contribution in [0.25, 0.3) is 0 Å². The van der Waals surface area contributed by atoms with Crippen molar-refractivity contribution in [3.05, 3.63) is 15.2 Å². The van der Waals surface area contributed by atoms with E-state index in [0.29, 0.717) is 0 Å². The van der Waals surface area contributed by atoms with E-state index in [9.17, 15) is 0 Å². The fourth-order valence-corrected chi connectivity index (χ4v) is 2.65. The standard InChI is InChI=1S/C15H27IN2/c1-3-4-5-6-7-8-9-10-11-12-14-17-13(2)15(16)18-14/h3-12H2,1-2H3,(H,17,18). The molecule has 3 heteroatoms. The minimum Gasteiger partial charge on any atom is -0.345 e. The second kappa shape index (κ2) is 9.82. The maximum atomic E-state index is 4.51. The summed E-state index contributed by atoms with van der Waals surface area (Å²) in [6.07, 6.45) is 13.6. The fourth-order valence-electron chi connectivity index (χ4n) is 2.22. The van der Waals surface area contributed by atoms with Crippen LogP contribution in [0.4, 0.5) is 0 Å². The van der Waals surface area contributed by atoms with Crippen LogP contribution in [0, 0.1) is 10.6 Å². The maximum absolute atomic E-state index is 4.51. The van der Waals surface area contributed by atoms with E-state index < -0.39 is 0 Å². The van der Waals surface area contributed by atoms with Gasteiger partial charge in [0, 0.05) is 12.1 Å². The van der Waals surface area contributed by atoms with Crippen LogP contribution >= 0.6 is 22.6 Å². The average molecular weight is 362 g/mol. The maximum Gasteiger partial charge on any atom is 0.122 e. The van der Waals surface area contributed by atoms with Crippen molar-refractivity contribution in [2.75, 3.05) is 0 Å². The minimum absolute atomic E-state index is 1.11. The third kappa shape index (κ3) is 6.76. The summed E-state index contributed by atoms with van der Waals surface area (Å²) in [5, 5.41) is 0. The lowest BCUT2D eigenvalue weighted by Gasteiger charge is -2.01. The van der Waals surface area contributed by atoms with Gasteiger partial charge in [-0.05, 0) is 35.9 Å². The predicted molar refractivity (Wildman–Crippen MR) is 87.0 cm³/mol. The number of aromatic amines is 1. The molecule has 0 fully saturated rings. The molecule has 0 aromatic carbocycles. The van der Waals surface area contributed by atoms with E-state index in [1.54, 1.807) is 0 Å². The number of aryl methyl sites for hydroxylation is 2. The number of nitrogens with one attached hydrogen (secondary N) is 1. The van der Waals surface area contributed by atoms with Crippen molar-refractivity contribution < 1.29 is 0 Å². The van der Waals surface area contributed by atoms with E-state index in [0.717, 1.165) is 10.1 Å². The van der Waals surface area contributed by atoms with Gasteiger partial charge in [-0.1, -0.05) is 58.3 Å². The first kappa shape index (κ1) is 16.0. The number of rotatable bonds is 10. The number of hydrogen-bond donors (Lipinski definition) is 1. The first-order valence-electron chi connectivity index (χ1n) is 7.45. The van der Waals surface area contributed by atoms with Crippen molar-refractivity contribution >= 4 is 22.6 Å². The second-order valence-corrected chi connectivity index (χ2v) is 6.20. The Balaban J connectivity index is 1.92. The van der Waals surface area contributed by atoms with Crippen LogP contribution < -0.4 is 0 Å². The van der Waals surface area contributed by atoms with Gasteiger partial charge in [0.1, 0.15) is 9.53 Å². The number of imidazole rings is 1. The van der Waals surface area contributed by atoms with Gasteiger partial charge < -0.3 is 4.98 Å². The third-order valence-electron chi connectivity index (χ3n) is 3.39. The van der Waals surface area contributed by atoms with Crippen molar-refractivity contribution in [3.8, 4) is 0 Å². The highest BCUT2D eigenvalue weighted by molar-refractivity contribution is 14.1. The van der Waals surface area contributed by atoms with Gasteiger partial charge in [0.2, 0.25) is 0 Å². The van der Waals surface area contributed by atoms with E-state index in [4.69, 9.17) is 0 Å². The Morgan fingerprint density at radius 2 is 1.50 bits per heavy atom. The molecule has 1 heterocycles. The van der Waals surface area contributed by atoms with Gasteiger partial charge in [0.05, 0.1) is 0 Å². The molecule has 0 saturated heterocycles. The molecule has 1 aromatic rings. The van der Waals surface area contributed by atoms with Crippen molar-refractivity contribution in [3.63, 3.8) is 0 Å². The summed E-state index contributed by atoms with van der Waals surface area (Å²) in [6.45, 7) is 4.37. The minimum atomic E-state index is 1.11. The molecular weight excluding hydrogens is 335 g/mol. The molecule has 0 radical (unpaired) electrons. The summed E-state index contributed by atoms with van der Waals surface area (Å²) in [6, 6.07) is 0. The van der Waals surface area contributed by atoms with Gasteiger partial charge in [-0.15, -0.1) is 0 Å². The molecule has 104 valence electrons. The van der Waals surface area contributed by atoms with Gasteiger partial charge in [0.25, 0.3) is 0 Å². The molecule has 0 aliphatic carbocycles. The molecule has 1 aromatic heterocycles. The van der Waals surface area contributed by atoms with E-state index in [2.05, 4.69) is 46.4 Å². The molecule has 0 atom stereocenters. The van der Waals surface area contributed by atoms with Crippen molar-refractivity contribution in [1.82, 2.24) is 9.97 Å². The highest BCUT2D eigenvalue weighted by Gasteiger charge is 2.02. The summed E-state index contributed by atoms with van der Waals surface area (Å²) in [4.78, 5) is 7.86. The second-order valence-electron chi connectivity index (χ2n) is 5.18. The van der Waals surface area contributed by atoms with Gasteiger partial charge in [-0.25, -0.2) is 4.98 Å². The highest BCUT2D eigenvalue weighted by atomic mass is 127.